The van der Waals surface area contributed by atoms with Gasteiger partial charge in [-0.2, -0.15) is 0 Å². The van der Waals surface area contributed by atoms with Crippen LogP contribution in [0.5, 0.6) is 11.5 Å². The second-order valence-corrected chi connectivity index (χ2v) is 8.02. The lowest BCUT2D eigenvalue weighted by atomic mass is 10.1. The molecule has 0 unspecified atom stereocenters. The average molecular weight is 401 g/mol. The first-order valence-electron chi connectivity index (χ1n) is 9.58. The molecule has 0 bridgehead atoms. The Labute approximate surface area is 171 Å². The van der Waals surface area contributed by atoms with Crippen LogP contribution in [0.3, 0.4) is 0 Å². The molecule has 0 aromatic heterocycles. The average Bonchev–Trinajstić information content (AvgIpc) is 2.72. The van der Waals surface area contributed by atoms with E-state index in [4.69, 9.17) is 9.47 Å². The molecule has 150 valence electrons. The van der Waals surface area contributed by atoms with Crippen molar-refractivity contribution in [3.63, 3.8) is 0 Å². The highest BCUT2D eigenvalue weighted by Crippen LogP contribution is 2.21. The van der Waals surface area contributed by atoms with E-state index in [1.807, 2.05) is 48.5 Å². The van der Waals surface area contributed by atoms with Crippen molar-refractivity contribution in [3.05, 3.63) is 54.1 Å². The zero-order valence-corrected chi connectivity index (χ0v) is 17.3. The Morgan fingerprint density at radius 3 is 2.36 bits per heavy atom. The van der Waals surface area contributed by atoms with Crippen LogP contribution in [0.15, 0.2) is 48.5 Å². The van der Waals surface area contributed by atoms with E-state index >= 15 is 0 Å². The number of nitrogens with zero attached hydrogens (tertiary/aromatic N) is 1. The summed E-state index contributed by atoms with van der Waals surface area (Å²) in [7, 11) is 3.80. The minimum absolute atomic E-state index is 0.00231. The maximum Gasteiger partial charge on any atom is 0.234 e. The maximum absolute atomic E-state index is 12.1. The number of methoxy groups -OCH3 is 1. The number of piperidine rings is 1. The van der Waals surface area contributed by atoms with Crippen LogP contribution in [0.25, 0.3) is 0 Å². The van der Waals surface area contributed by atoms with Crippen LogP contribution in [0, 0.1) is 0 Å². The topological polar surface area (TPSA) is 50.8 Å². The number of hydrogen-bond donors (Lipinski definition) is 1. The van der Waals surface area contributed by atoms with Gasteiger partial charge in [-0.25, -0.2) is 0 Å². The Kier molecular flexibility index (Phi) is 7.62. The Bertz CT molecular complexity index is 741. The molecule has 6 heteroatoms. The number of nitrogens with one attached hydrogen (secondary N) is 1. The number of hydrogen-bond acceptors (Lipinski definition) is 5. The monoisotopic (exact) mass is 400 g/mol. The lowest BCUT2D eigenvalue weighted by Gasteiger charge is -2.29. The highest BCUT2D eigenvalue weighted by atomic mass is 32.2. The van der Waals surface area contributed by atoms with E-state index in [0.29, 0.717) is 5.75 Å². The van der Waals surface area contributed by atoms with Crippen LogP contribution in [-0.4, -0.2) is 49.9 Å². The van der Waals surface area contributed by atoms with E-state index in [1.165, 1.54) is 5.56 Å². The van der Waals surface area contributed by atoms with Gasteiger partial charge in [-0.3, -0.25) is 4.79 Å². The molecule has 0 atom stereocenters. The van der Waals surface area contributed by atoms with Gasteiger partial charge in [-0.15, -0.1) is 11.8 Å². The predicted molar refractivity (Wildman–Crippen MR) is 115 cm³/mol. The molecule has 3 rings (SSSR count). The highest BCUT2D eigenvalue weighted by Gasteiger charge is 2.17. The third-order valence-corrected chi connectivity index (χ3v) is 5.77. The summed E-state index contributed by atoms with van der Waals surface area (Å²) in [6, 6.07) is 15.6. The third-order valence-electron chi connectivity index (χ3n) is 4.77. The first-order chi connectivity index (χ1) is 13.6. The predicted octanol–water partition coefficient (Wildman–Crippen LogP) is 4.04. The highest BCUT2D eigenvalue weighted by molar-refractivity contribution is 7.99. The van der Waals surface area contributed by atoms with E-state index in [-0.39, 0.29) is 12.0 Å². The van der Waals surface area contributed by atoms with Crippen molar-refractivity contribution in [2.24, 2.45) is 0 Å². The van der Waals surface area contributed by atoms with Crippen molar-refractivity contribution in [2.45, 2.75) is 24.7 Å². The van der Waals surface area contributed by atoms with Gasteiger partial charge >= 0.3 is 0 Å². The summed E-state index contributed by atoms with van der Waals surface area (Å²) in [5, 5.41) is 2.94. The summed E-state index contributed by atoms with van der Waals surface area (Å²) in [6.45, 7) is 2.15. The van der Waals surface area contributed by atoms with Crippen molar-refractivity contribution in [3.8, 4) is 11.5 Å². The third kappa shape index (κ3) is 6.46. The molecule has 0 aliphatic carbocycles. The zero-order valence-electron chi connectivity index (χ0n) is 16.5. The summed E-state index contributed by atoms with van der Waals surface area (Å²) in [6.07, 6.45) is 2.40. The maximum atomic E-state index is 12.1. The van der Waals surface area contributed by atoms with Crippen LogP contribution in [0.4, 0.5) is 5.69 Å². The molecule has 1 saturated heterocycles. The van der Waals surface area contributed by atoms with E-state index in [0.717, 1.165) is 48.9 Å². The minimum Gasteiger partial charge on any atom is -0.497 e. The van der Waals surface area contributed by atoms with Crippen LogP contribution in [0.2, 0.25) is 0 Å². The van der Waals surface area contributed by atoms with Gasteiger partial charge < -0.3 is 19.7 Å². The molecule has 0 saturated carbocycles. The van der Waals surface area contributed by atoms with Gasteiger partial charge in [0.05, 0.1) is 12.9 Å². The van der Waals surface area contributed by atoms with Crippen molar-refractivity contribution < 1.29 is 14.3 Å². The summed E-state index contributed by atoms with van der Waals surface area (Å²) in [4.78, 5) is 14.5. The molecule has 2 aromatic rings. The molecular formula is C22H28N2O3S. The van der Waals surface area contributed by atoms with Gasteiger partial charge in [0, 0.05) is 24.5 Å². The fourth-order valence-electron chi connectivity index (χ4n) is 3.09. The summed E-state index contributed by atoms with van der Waals surface area (Å²) in [5.74, 6) is 2.92. The lowest BCUT2D eigenvalue weighted by Crippen LogP contribution is -2.35. The first-order valence-corrected chi connectivity index (χ1v) is 10.7. The van der Waals surface area contributed by atoms with E-state index in [2.05, 4.69) is 17.3 Å². The molecule has 0 radical (unpaired) electrons. The van der Waals surface area contributed by atoms with Crippen LogP contribution >= 0.6 is 11.8 Å². The van der Waals surface area contributed by atoms with Gasteiger partial charge in [0.2, 0.25) is 5.91 Å². The van der Waals surface area contributed by atoms with Crippen molar-refractivity contribution >= 4 is 23.4 Å². The quantitative estimate of drug-likeness (QED) is 0.725. The zero-order chi connectivity index (χ0) is 19.8. The van der Waals surface area contributed by atoms with Crippen molar-refractivity contribution in [1.29, 1.82) is 0 Å². The molecular weight excluding hydrogens is 372 g/mol. The number of thioether (sulfide) groups is 1. The minimum atomic E-state index is 0.00231. The standard InChI is InChI=1S/C22H28N2O3S/c1-24-13-11-21(12-14-24)27-20-9-5-18(6-10-20)23-22(25)16-28-15-17-3-7-19(26-2)8-4-17/h3-10,21H,11-16H2,1-2H3,(H,23,25). The van der Waals surface area contributed by atoms with E-state index in [9.17, 15) is 4.79 Å². The number of carbonyl (C=O) groups excluding carboxylic acids is 1. The van der Waals surface area contributed by atoms with Crippen LogP contribution in [0.1, 0.15) is 18.4 Å². The number of amides is 1. The Hall–Kier alpha value is -2.18. The van der Waals surface area contributed by atoms with Crippen LogP contribution in [-0.2, 0) is 10.5 Å². The van der Waals surface area contributed by atoms with Gasteiger partial charge in [0.25, 0.3) is 0 Å². The van der Waals surface area contributed by atoms with Crippen molar-refractivity contribution in [2.75, 3.05) is 38.3 Å². The lowest BCUT2D eigenvalue weighted by molar-refractivity contribution is -0.113. The Morgan fingerprint density at radius 2 is 1.71 bits per heavy atom. The number of carbonyl (C=O) groups is 1. The van der Waals surface area contributed by atoms with E-state index < -0.39 is 0 Å². The molecule has 28 heavy (non-hydrogen) atoms. The molecule has 1 N–H and O–H groups in total. The normalized spacial score (nSPS) is 15.2. The number of ether oxygens (including phenoxy) is 2. The number of anilines is 1. The summed E-state index contributed by atoms with van der Waals surface area (Å²) in [5.41, 5.74) is 1.97. The number of likely N-dealkylation sites (tertiary alicyclic amines) is 1. The molecule has 1 aliphatic rings. The smallest absolute Gasteiger partial charge is 0.234 e. The summed E-state index contributed by atoms with van der Waals surface area (Å²) < 4.78 is 11.2. The largest absolute Gasteiger partial charge is 0.497 e. The van der Waals surface area contributed by atoms with Gasteiger partial charge in [-0.05, 0) is 61.9 Å². The number of benzene rings is 2. The Morgan fingerprint density at radius 1 is 1.07 bits per heavy atom. The SMILES string of the molecule is COc1ccc(CSCC(=O)Nc2ccc(OC3CCN(C)CC3)cc2)cc1. The van der Waals surface area contributed by atoms with E-state index in [1.54, 1.807) is 18.9 Å². The Balaban J connectivity index is 1.38. The molecule has 1 aliphatic heterocycles. The second-order valence-electron chi connectivity index (χ2n) is 7.03. The molecule has 5 nitrogen and oxygen atoms in total. The first kappa shape index (κ1) is 20.6. The number of rotatable bonds is 8. The fraction of sp³-hybridized carbons (Fsp3) is 0.409. The molecule has 1 fully saturated rings. The second kappa shape index (κ2) is 10.4. The van der Waals surface area contributed by atoms with Gasteiger partial charge in [0.15, 0.2) is 0 Å². The molecule has 1 heterocycles. The van der Waals surface area contributed by atoms with Gasteiger partial charge in [0.1, 0.15) is 17.6 Å². The summed E-state index contributed by atoms with van der Waals surface area (Å²) >= 11 is 1.59. The molecule has 2 aromatic carbocycles. The molecule has 0 spiro atoms. The molecule has 1 amide bonds. The van der Waals surface area contributed by atoms with Gasteiger partial charge in [-0.1, -0.05) is 12.1 Å². The fourth-order valence-corrected chi connectivity index (χ4v) is 3.88. The van der Waals surface area contributed by atoms with Crippen LogP contribution < -0.4 is 14.8 Å². The van der Waals surface area contributed by atoms with Crippen molar-refractivity contribution in [1.82, 2.24) is 4.90 Å².